The van der Waals surface area contributed by atoms with Gasteiger partial charge in [-0.15, -0.1) is 0 Å². The number of amides is 1. The van der Waals surface area contributed by atoms with Crippen LogP contribution in [0.25, 0.3) is 0 Å². The van der Waals surface area contributed by atoms with E-state index in [1.54, 1.807) is 0 Å². The predicted molar refractivity (Wildman–Crippen MR) is 109 cm³/mol. The topological polar surface area (TPSA) is 66.4 Å². The second-order valence-electron chi connectivity index (χ2n) is 7.55. The van der Waals surface area contributed by atoms with E-state index in [4.69, 9.17) is 5.11 Å². The van der Waals surface area contributed by atoms with Gasteiger partial charge >= 0.3 is 12.1 Å². The van der Waals surface area contributed by atoms with Gasteiger partial charge in [0.05, 0.1) is 18.5 Å². The normalized spacial score (nSPS) is 14.2. The lowest BCUT2D eigenvalue weighted by Gasteiger charge is -2.15. The molecule has 0 bridgehead atoms. The van der Waals surface area contributed by atoms with E-state index in [-0.39, 0.29) is 12.1 Å². The number of rotatable bonds is 7. The van der Waals surface area contributed by atoms with Gasteiger partial charge in [0.2, 0.25) is 5.91 Å². The number of nitrogens with one attached hydrogen (secondary N) is 1. The fraction of sp³-hybridized carbons (Fsp3) is 0.391. The lowest BCUT2D eigenvalue weighted by Crippen LogP contribution is -2.18. The molecule has 2 N–H and O–H groups in total. The van der Waals surface area contributed by atoms with E-state index < -0.39 is 42.1 Å². The highest BCUT2D eigenvalue weighted by atomic mass is 19.4. The van der Waals surface area contributed by atoms with Gasteiger partial charge in [0.25, 0.3) is 0 Å². The maximum Gasteiger partial charge on any atom is 0.389 e. The molecule has 0 aromatic heterocycles. The first-order valence-electron chi connectivity index (χ1n) is 9.97. The Kier molecular flexibility index (Phi) is 8.19. The minimum absolute atomic E-state index is 0.111. The number of halogens is 4. The number of hydrogen-bond acceptors (Lipinski definition) is 2. The molecule has 0 spiro atoms. The van der Waals surface area contributed by atoms with Crippen LogP contribution in [0.2, 0.25) is 0 Å². The Bertz CT molecular complexity index is 893. The Labute approximate surface area is 178 Å². The van der Waals surface area contributed by atoms with Crippen LogP contribution < -0.4 is 5.32 Å². The van der Waals surface area contributed by atoms with Gasteiger partial charge in [0, 0.05) is 11.8 Å². The molecule has 2 aromatic carbocycles. The molecule has 1 saturated carbocycles. The van der Waals surface area contributed by atoms with Gasteiger partial charge in [0.1, 0.15) is 5.82 Å². The molecule has 0 unspecified atom stereocenters. The number of carbonyl (C=O) groups is 2. The van der Waals surface area contributed by atoms with E-state index in [2.05, 4.69) is 36.5 Å². The summed E-state index contributed by atoms with van der Waals surface area (Å²) in [6.07, 6.45) is -4.26. The number of carbonyl (C=O) groups excluding carboxylic acids is 1. The maximum atomic E-state index is 13.7. The van der Waals surface area contributed by atoms with E-state index in [1.165, 1.54) is 17.7 Å². The number of benzene rings is 2. The molecule has 3 rings (SSSR count). The average Bonchev–Trinajstić information content (AvgIpc) is 3.48. The summed E-state index contributed by atoms with van der Waals surface area (Å²) in [4.78, 5) is 22.4. The quantitative estimate of drug-likeness (QED) is 0.531. The van der Waals surface area contributed by atoms with Gasteiger partial charge in [-0.05, 0) is 42.5 Å². The van der Waals surface area contributed by atoms with Gasteiger partial charge in [-0.25, -0.2) is 4.39 Å². The van der Waals surface area contributed by atoms with Gasteiger partial charge < -0.3 is 10.4 Å². The van der Waals surface area contributed by atoms with Crippen molar-refractivity contribution in [3.63, 3.8) is 0 Å². The minimum Gasteiger partial charge on any atom is -0.481 e. The number of alkyl halides is 3. The molecule has 1 amide bonds. The molecule has 0 atom stereocenters. The smallest absolute Gasteiger partial charge is 0.389 e. The molecule has 168 valence electrons. The van der Waals surface area contributed by atoms with Gasteiger partial charge in [-0.2, -0.15) is 13.2 Å². The summed E-state index contributed by atoms with van der Waals surface area (Å²) in [6, 6.07) is 14.3. The van der Waals surface area contributed by atoms with Crippen molar-refractivity contribution >= 4 is 17.6 Å². The van der Waals surface area contributed by atoms with Crippen molar-refractivity contribution in [3.8, 4) is 0 Å². The third kappa shape index (κ3) is 8.03. The summed E-state index contributed by atoms with van der Waals surface area (Å²) in [5, 5.41) is 11.0. The largest absolute Gasteiger partial charge is 0.481 e. The molecule has 1 aliphatic carbocycles. The van der Waals surface area contributed by atoms with Crippen LogP contribution in [0.3, 0.4) is 0 Å². The number of carboxylic acid groups (broad SMARTS) is 1. The summed E-state index contributed by atoms with van der Waals surface area (Å²) in [5.41, 5.74) is 1.16. The Hall–Kier alpha value is -2.90. The summed E-state index contributed by atoms with van der Waals surface area (Å²) < 4.78 is 49.9. The number of aliphatic carboxylic acids is 1. The molecular weight excluding hydrogens is 414 g/mol. The van der Waals surface area contributed by atoms with Crippen LogP contribution in [-0.2, 0) is 21.4 Å². The van der Waals surface area contributed by atoms with Crippen LogP contribution in [0.1, 0.15) is 50.2 Å². The van der Waals surface area contributed by atoms with E-state index >= 15 is 0 Å². The van der Waals surface area contributed by atoms with Crippen LogP contribution >= 0.6 is 0 Å². The molecular formula is C23H25F4NO3. The minimum atomic E-state index is -4.46. The number of aryl methyl sites for hydroxylation is 1. The first-order chi connectivity index (χ1) is 14.5. The molecule has 1 aliphatic rings. The zero-order valence-corrected chi connectivity index (χ0v) is 17.1. The van der Waals surface area contributed by atoms with Crippen LogP contribution in [-0.4, -0.2) is 23.2 Å². The van der Waals surface area contributed by atoms with Crippen molar-refractivity contribution < 1.29 is 32.3 Å². The average molecular weight is 439 g/mol. The van der Waals surface area contributed by atoms with Crippen molar-refractivity contribution in [1.82, 2.24) is 0 Å². The lowest BCUT2D eigenvalue weighted by molar-refractivity contribution is -0.142. The number of hydrogen-bond donors (Lipinski definition) is 2. The summed E-state index contributed by atoms with van der Waals surface area (Å²) in [5.74, 6) is -2.70. The van der Waals surface area contributed by atoms with Crippen molar-refractivity contribution in [1.29, 1.82) is 0 Å². The Morgan fingerprint density at radius 1 is 1.10 bits per heavy atom. The molecule has 0 heterocycles. The summed E-state index contributed by atoms with van der Waals surface area (Å²) in [6.45, 7) is 2.16. The van der Waals surface area contributed by atoms with Crippen molar-refractivity contribution in [2.24, 2.45) is 0 Å². The fourth-order valence-corrected chi connectivity index (χ4v) is 3.14. The van der Waals surface area contributed by atoms with Crippen molar-refractivity contribution in [3.05, 3.63) is 65.5 Å². The Morgan fingerprint density at radius 2 is 1.74 bits per heavy atom. The first kappa shape index (κ1) is 24.4. The van der Waals surface area contributed by atoms with Gasteiger partial charge in [-0.3, -0.25) is 9.59 Å². The molecule has 31 heavy (non-hydrogen) atoms. The highest BCUT2D eigenvalue weighted by molar-refractivity contribution is 5.91. The molecule has 4 nitrogen and oxygen atoms in total. The number of carboxylic acids is 1. The zero-order valence-electron chi connectivity index (χ0n) is 17.1. The Morgan fingerprint density at radius 3 is 2.23 bits per heavy atom. The van der Waals surface area contributed by atoms with Gasteiger partial charge in [-0.1, -0.05) is 43.3 Å². The van der Waals surface area contributed by atoms with Crippen molar-refractivity contribution in [2.45, 2.75) is 57.0 Å². The van der Waals surface area contributed by atoms with Crippen LogP contribution in [0.4, 0.5) is 23.2 Å². The first-order valence-corrected chi connectivity index (χ1v) is 9.97. The van der Waals surface area contributed by atoms with Crippen molar-refractivity contribution in [2.75, 3.05) is 5.32 Å². The molecule has 0 saturated heterocycles. The zero-order chi connectivity index (χ0) is 23.1. The SMILES string of the molecule is CCc1ccccc1.O=C(O)CC1(c2ccc(F)c(NC(=O)CCC(F)(F)F)c2)CC1. The third-order valence-electron chi connectivity index (χ3n) is 5.08. The monoisotopic (exact) mass is 439 g/mol. The van der Waals surface area contributed by atoms with E-state index in [9.17, 15) is 27.2 Å². The number of anilines is 1. The third-order valence-corrected chi connectivity index (χ3v) is 5.08. The Balaban J connectivity index is 0.000000357. The molecule has 2 aromatic rings. The van der Waals surface area contributed by atoms with E-state index in [1.807, 2.05) is 6.07 Å². The van der Waals surface area contributed by atoms with Crippen LogP contribution in [0, 0.1) is 5.82 Å². The summed E-state index contributed by atoms with van der Waals surface area (Å²) in [7, 11) is 0. The highest BCUT2D eigenvalue weighted by Gasteiger charge is 2.46. The molecule has 8 heteroatoms. The standard InChI is InChI=1S/C15H15F4NO3.C8H10/c16-10-2-1-9(14(5-6-14)8-13(22)23)7-11(10)20-12(21)3-4-15(17,18)19;1-2-8-6-4-3-5-7-8/h1-2,7H,3-6,8H2,(H,20,21)(H,22,23);3-7H,2H2,1H3. The molecule has 0 aliphatic heterocycles. The van der Waals surface area contributed by atoms with E-state index in [0.717, 1.165) is 12.5 Å². The second kappa shape index (κ2) is 10.4. The van der Waals surface area contributed by atoms with Gasteiger partial charge in [0.15, 0.2) is 0 Å². The summed E-state index contributed by atoms with van der Waals surface area (Å²) >= 11 is 0. The fourth-order valence-electron chi connectivity index (χ4n) is 3.14. The maximum absolute atomic E-state index is 13.7. The van der Waals surface area contributed by atoms with Crippen LogP contribution in [0.15, 0.2) is 48.5 Å². The molecule has 0 radical (unpaired) electrons. The molecule has 1 fully saturated rings. The highest BCUT2D eigenvalue weighted by Crippen LogP contribution is 2.51. The second-order valence-corrected chi connectivity index (χ2v) is 7.55. The van der Waals surface area contributed by atoms with Crippen LogP contribution in [0.5, 0.6) is 0 Å². The van der Waals surface area contributed by atoms with E-state index in [0.29, 0.717) is 18.4 Å². The predicted octanol–water partition coefficient (Wildman–Crippen LogP) is 5.86. The lowest BCUT2D eigenvalue weighted by atomic mass is 9.92.